The maximum atomic E-state index is 14.7. The summed E-state index contributed by atoms with van der Waals surface area (Å²) in [6.07, 6.45) is 10.2. The number of aryl methyl sites for hydroxylation is 1. The number of rotatable bonds is 4. The Kier molecular flexibility index (Phi) is 6.51. The topological polar surface area (TPSA) is 0 Å². The molecule has 0 N–H and O–H groups in total. The van der Waals surface area contributed by atoms with E-state index in [2.05, 4.69) is 32.0 Å². The van der Waals surface area contributed by atoms with Gasteiger partial charge in [-0.15, -0.1) is 0 Å². The van der Waals surface area contributed by atoms with E-state index in [1.807, 2.05) is 19.1 Å². The molecule has 0 unspecified atom stereocenters. The average molecular weight is 353 g/mol. The minimum atomic E-state index is -0.0979. The van der Waals surface area contributed by atoms with Gasteiger partial charge in [0.1, 0.15) is 5.82 Å². The normalized spacial score (nSPS) is 16.5. The van der Waals surface area contributed by atoms with Crippen LogP contribution in [0, 0.1) is 18.7 Å². The van der Waals surface area contributed by atoms with Crippen molar-refractivity contribution in [2.75, 3.05) is 0 Å². The van der Waals surface area contributed by atoms with Crippen LogP contribution < -0.4 is 0 Å². The number of hydrogen-bond acceptors (Lipinski definition) is 0. The SMILES string of the molecule is Cc1ccc(F)c(-c2ccc(CC(C)C)cc2C2CCCCCCC2)c1. The van der Waals surface area contributed by atoms with Crippen molar-refractivity contribution in [2.24, 2.45) is 5.92 Å². The molecule has 0 amide bonds. The maximum absolute atomic E-state index is 14.7. The summed E-state index contributed by atoms with van der Waals surface area (Å²) in [5.74, 6) is 1.11. The first-order chi connectivity index (χ1) is 12.5. The van der Waals surface area contributed by atoms with Crippen LogP contribution in [0.25, 0.3) is 11.1 Å². The van der Waals surface area contributed by atoms with Crippen molar-refractivity contribution in [3.63, 3.8) is 0 Å². The molecule has 0 aromatic heterocycles. The lowest BCUT2D eigenvalue weighted by Crippen LogP contribution is -2.06. The second-order valence-electron chi connectivity index (χ2n) is 8.54. The Morgan fingerprint density at radius 3 is 2.27 bits per heavy atom. The number of halogens is 1. The summed E-state index contributed by atoms with van der Waals surface area (Å²) in [7, 11) is 0. The molecule has 0 aliphatic heterocycles. The highest BCUT2D eigenvalue weighted by Gasteiger charge is 2.20. The third-order valence-electron chi connectivity index (χ3n) is 5.72. The molecule has 2 aromatic carbocycles. The monoisotopic (exact) mass is 352 g/mol. The standard InChI is InChI=1S/C25H33F/c1-18(2)15-20-12-13-22(24-16-19(3)11-14-25(24)26)23(17-20)21-9-7-5-4-6-8-10-21/h11-14,16-18,21H,4-10,15H2,1-3H3. The lowest BCUT2D eigenvalue weighted by Gasteiger charge is -2.24. The highest BCUT2D eigenvalue weighted by molar-refractivity contribution is 5.70. The highest BCUT2D eigenvalue weighted by atomic mass is 19.1. The van der Waals surface area contributed by atoms with Crippen molar-refractivity contribution < 1.29 is 4.39 Å². The van der Waals surface area contributed by atoms with Crippen molar-refractivity contribution in [1.82, 2.24) is 0 Å². The molecule has 1 fully saturated rings. The van der Waals surface area contributed by atoms with Crippen LogP contribution in [-0.4, -0.2) is 0 Å². The molecule has 1 saturated carbocycles. The van der Waals surface area contributed by atoms with Crippen molar-refractivity contribution in [1.29, 1.82) is 0 Å². The molecule has 1 aliphatic rings. The van der Waals surface area contributed by atoms with Crippen LogP contribution in [0.15, 0.2) is 36.4 Å². The van der Waals surface area contributed by atoms with Crippen LogP contribution in [0.4, 0.5) is 4.39 Å². The lowest BCUT2D eigenvalue weighted by atomic mass is 9.81. The van der Waals surface area contributed by atoms with Gasteiger partial charge in [0, 0.05) is 5.56 Å². The summed E-state index contributed by atoms with van der Waals surface area (Å²) in [5, 5.41) is 0. The predicted octanol–water partition coefficient (Wildman–Crippen LogP) is 7.83. The van der Waals surface area contributed by atoms with Gasteiger partial charge in [-0.3, -0.25) is 0 Å². The minimum absolute atomic E-state index is 0.0979. The minimum Gasteiger partial charge on any atom is -0.206 e. The predicted molar refractivity (Wildman–Crippen MR) is 110 cm³/mol. The molecule has 3 rings (SSSR count). The van der Waals surface area contributed by atoms with Gasteiger partial charge in [-0.05, 0) is 66.8 Å². The second-order valence-corrected chi connectivity index (χ2v) is 8.54. The van der Waals surface area contributed by atoms with Gasteiger partial charge in [0.05, 0.1) is 0 Å². The van der Waals surface area contributed by atoms with Crippen molar-refractivity contribution in [3.8, 4) is 11.1 Å². The van der Waals surface area contributed by atoms with E-state index in [4.69, 9.17) is 0 Å². The van der Waals surface area contributed by atoms with Crippen LogP contribution in [0.5, 0.6) is 0 Å². The van der Waals surface area contributed by atoms with E-state index in [1.54, 1.807) is 6.07 Å². The largest absolute Gasteiger partial charge is 0.206 e. The first kappa shape index (κ1) is 19.1. The zero-order valence-electron chi connectivity index (χ0n) is 16.7. The Morgan fingerprint density at radius 1 is 0.885 bits per heavy atom. The molecule has 0 spiro atoms. The Hall–Kier alpha value is -1.63. The van der Waals surface area contributed by atoms with Gasteiger partial charge in [0.15, 0.2) is 0 Å². The van der Waals surface area contributed by atoms with Gasteiger partial charge in [-0.2, -0.15) is 0 Å². The summed E-state index contributed by atoms with van der Waals surface area (Å²) in [4.78, 5) is 0. The van der Waals surface area contributed by atoms with Crippen LogP contribution in [0.1, 0.15) is 81.4 Å². The van der Waals surface area contributed by atoms with Gasteiger partial charge < -0.3 is 0 Å². The Labute approximate surface area is 158 Å². The van der Waals surface area contributed by atoms with E-state index in [-0.39, 0.29) is 5.82 Å². The summed E-state index contributed by atoms with van der Waals surface area (Å²) < 4.78 is 14.7. The van der Waals surface area contributed by atoms with Crippen molar-refractivity contribution in [3.05, 3.63) is 58.9 Å². The summed E-state index contributed by atoms with van der Waals surface area (Å²) in [6.45, 7) is 6.58. The molecule has 0 heterocycles. The zero-order chi connectivity index (χ0) is 18.5. The highest BCUT2D eigenvalue weighted by Crippen LogP contribution is 2.38. The Balaban J connectivity index is 2.05. The molecule has 1 aliphatic carbocycles. The first-order valence-electron chi connectivity index (χ1n) is 10.4. The molecule has 0 atom stereocenters. The quantitative estimate of drug-likeness (QED) is 0.526. The second kappa shape index (κ2) is 8.84. The molecule has 0 bridgehead atoms. The van der Waals surface area contributed by atoms with Gasteiger partial charge in [0.25, 0.3) is 0 Å². The van der Waals surface area contributed by atoms with Gasteiger partial charge in [-0.25, -0.2) is 4.39 Å². The van der Waals surface area contributed by atoms with E-state index in [0.717, 1.165) is 23.1 Å². The van der Waals surface area contributed by atoms with E-state index in [0.29, 0.717) is 11.8 Å². The molecule has 140 valence electrons. The molecule has 0 nitrogen and oxygen atoms in total. The van der Waals surface area contributed by atoms with Crippen LogP contribution in [0.3, 0.4) is 0 Å². The summed E-state index contributed by atoms with van der Waals surface area (Å²) >= 11 is 0. The third kappa shape index (κ3) is 4.75. The Bertz CT molecular complexity index is 721. The first-order valence-corrected chi connectivity index (χ1v) is 10.4. The van der Waals surface area contributed by atoms with Crippen LogP contribution >= 0.6 is 0 Å². The molecular weight excluding hydrogens is 319 g/mol. The van der Waals surface area contributed by atoms with E-state index < -0.39 is 0 Å². The molecule has 1 heteroatoms. The van der Waals surface area contributed by atoms with Crippen molar-refractivity contribution >= 4 is 0 Å². The fourth-order valence-corrected chi connectivity index (χ4v) is 4.41. The molecule has 2 aromatic rings. The van der Waals surface area contributed by atoms with Crippen LogP contribution in [-0.2, 0) is 6.42 Å². The van der Waals surface area contributed by atoms with Crippen LogP contribution in [0.2, 0.25) is 0 Å². The molecular formula is C25H33F. The number of hydrogen-bond donors (Lipinski definition) is 0. The molecule has 0 saturated heterocycles. The lowest BCUT2D eigenvalue weighted by molar-refractivity contribution is 0.455. The summed E-state index contributed by atoms with van der Waals surface area (Å²) in [6, 6.07) is 12.3. The van der Waals surface area contributed by atoms with E-state index in [1.165, 1.54) is 56.1 Å². The van der Waals surface area contributed by atoms with E-state index >= 15 is 0 Å². The molecule has 26 heavy (non-hydrogen) atoms. The van der Waals surface area contributed by atoms with Crippen molar-refractivity contribution in [2.45, 2.75) is 78.1 Å². The average Bonchev–Trinajstić information content (AvgIpc) is 2.56. The van der Waals surface area contributed by atoms with E-state index in [9.17, 15) is 4.39 Å². The zero-order valence-corrected chi connectivity index (χ0v) is 16.7. The smallest absolute Gasteiger partial charge is 0.131 e. The Morgan fingerprint density at radius 2 is 1.58 bits per heavy atom. The van der Waals surface area contributed by atoms with Gasteiger partial charge >= 0.3 is 0 Å². The fourth-order valence-electron chi connectivity index (χ4n) is 4.41. The number of benzene rings is 2. The fraction of sp³-hybridized carbons (Fsp3) is 0.520. The maximum Gasteiger partial charge on any atom is 0.131 e. The van der Waals surface area contributed by atoms with Gasteiger partial charge in [0.2, 0.25) is 0 Å². The summed E-state index contributed by atoms with van der Waals surface area (Å²) in [5.41, 5.74) is 5.79. The molecule has 0 radical (unpaired) electrons. The van der Waals surface area contributed by atoms with Gasteiger partial charge in [-0.1, -0.05) is 75.8 Å². The third-order valence-corrected chi connectivity index (χ3v) is 5.72.